The number of nitrogens with two attached hydrogens (primary N) is 1. The molecule has 0 aliphatic rings. The minimum Gasteiger partial charge on any atom is -0.399 e. The average molecular weight is 275 g/mol. The molecule has 0 bridgehead atoms. The Balaban J connectivity index is 2.02. The summed E-state index contributed by atoms with van der Waals surface area (Å²) in [4.78, 5) is 2.37. The van der Waals surface area contributed by atoms with Crippen LogP contribution in [0.2, 0.25) is 5.02 Å². The van der Waals surface area contributed by atoms with Gasteiger partial charge in [0.2, 0.25) is 0 Å². The monoisotopic (exact) mass is 274 g/mol. The molecule has 0 unspecified atom stereocenters. The van der Waals surface area contributed by atoms with E-state index in [4.69, 9.17) is 17.3 Å². The van der Waals surface area contributed by atoms with Crippen LogP contribution in [0.15, 0.2) is 48.5 Å². The normalized spacial score (nSPS) is 10.9. The molecule has 100 valence electrons. The maximum absolute atomic E-state index is 6.02. The fourth-order valence-corrected chi connectivity index (χ4v) is 2.27. The van der Waals surface area contributed by atoms with Crippen LogP contribution in [0.4, 0.5) is 5.69 Å². The number of hydrogen-bond acceptors (Lipinski definition) is 2. The number of rotatable bonds is 5. The molecular formula is C16H19ClN2. The topological polar surface area (TPSA) is 29.3 Å². The summed E-state index contributed by atoms with van der Waals surface area (Å²) in [6, 6.07) is 16.1. The predicted octanol–water partition coefficient (Wildman–Crippen LogP) is 3.94. The zero-order chi connectivity index (χ0) is 13.7. The van der Waals surface area contributed by atoms with Crippen LogP contribution < -0.4 is 5.73 Å². The van der Waals surface area contributed by atoms with E-state index in [0.29, 0.717) is 0 Å². The first kappa shape index (κ1) is 13.9. The van der Waals surface area contributed by atoms with Crippen LogP contribution in [-0.4, -0.2) is 11.4 Å². The van der Waals surface area contributed by atoms with E-state index in [1.807, 2.05) is 30.3 Å². The molecule has 2 rings (SSSR count). The van der Waals surface area contributed by atoms with Crippen molar-refractivity contribution in [3.05, 3.63) is 64.7 Å². The number of nitrogen functional groups attached to an aromatic ring is 1. The van der Waals surface area contributed by atoms with Crippen molar-refractivity contribution in [2.24, 2.45) is 0 Å². The first-order valence-corrected chi connectivity index (χ1v) is 6.86. The minimum atomic E-state index is 0.793. The molecule has 0 amide bonds. The molecule has 0 atom stereocenters. The Labute approximate surface area is 119 Å². The highest BCUT2D eigenvalue weighted by molar-refractivity contribution is 6.30. The molecule has 0 aliphatic carbocycles. The zero-order valence-electron chi connectivity index (χ0n) is 11.1. The minimum absolute atomic E-state index is 0.793. The van der Waals surface area contributed by atoms with Gasteiger partial charge in [-0.05, 0) is 41.9 Å². The summed E-state index contributed by atoms with van der Waals surface area (Å²) in [7, 11) is 0. The van der Waals surface area contributed by atoms with Gasteiger partial charge in [-0.3, -0.25) is 4.90 Å². The first-order valence-electron chi connectivity index (χ1n) is 6.48. The lowest BCUT2D eigenvalue weighted by atomic mass is 10.1. The van der Waals surface area contributed by atoms with E-state index in [0.717, 1.165) is 30.3 Å². The third-order valence-electron chi connectivity index (χ3n) is 3.13. The van der Waals surface area contributed by atoms with Crippen molar-refractivity contribution in [2.45, 2.75) is 20.0 Å². The molecule has 0 aromatic heterocycles. The van der Waals surface area contributed by atoms with Crippen LogP contribution in [0.1, 0.15) is 18.1 Å². The zero-order valence-corrected chi connectivity index (χ0v) is 11.9. The largest absolute Gasteiger partial charge is 0.399 e. The van der Waals surface area contributed by atoms with Crippen LogP contribution in [0.5, 0.6) is 0 Å². The van der Waals surface area contributed by atoms with E-state index in [9.17, 15) is 0 Å². The second kappa shape index (κ2) is 6.60. The lowest BCUT2D eigenvalue weighted by Crippen LogP contribution is -2.22. The molecule has 2 nitrogen and oxygen atoms in total. The van der Waals surface area contributed by atoms with Crippen molar-refractivity contribution in [3.63, 3.8) is 0 Å². The third kappa shape index (κ3) is 4.27. The van der Waals surface area contributed by atoms with E-state index in [2.05, 4.69) is 30.0 Å². The van der Waals surface area contributed by atoms with Crippen molar-refractivity contribution >= 4 is 17.3 Å². The number of halogens is 1. The predicted molar refractivity (Wildman–Crippen MR) is 82.1 cm³/mol. The Morgan fingerprint density at radius 1 is 1.00 bits per heavy atom. The second-order valence-corrected chi connectivity index (χ2v) is 5.11. The van der Waals surface area contributed by atoms with Crippen molar-refractivity contribution in [3.8, 4) is 0 Å². The average Bonchev–Trinajstić information content (AvgIpc) is 2.40. The number of hydrogen-bond donors (Lipinski definition) is 1. The highest BCUT2D eigenvalue weighted by Crippen LogP contribution is 2.15. The molecule has 2 N–H and O–H groups in total. The highest BCUT2D eigenvalue weighted by Gasteiger charge is 2.05. The fraction of sp³-hybridized carbons (Fsp3) is 0.250. The van der Waals surface area contributed by atoms with Gasteiger partial charge in [0, 0.05) is 23.8 Å². The fourth-order valence-electron chi connectivity index (χ4n) is 2.05. The van der Waals surface area contributed by atoms with Crippen molar-refractivity contribution in [1.82, 2.24) is 4.90 Å². The van der Waals surface area contributed by atoms with Gasteiger partial charge in [0.05, 0.1) is 0 Å². The van der Waals surface area contributed by atoms with E-state index < -0.39 is 0 Å². The lowest BCUT2D eigenvalue weighted by molar-refractivity contribution is 0.271. The second-order valence-electron chi connectivity index (χ2n) is 4.67. The molecule has 2 aromatic carbocycles. The summed E-state index contributed by atoms with van der Waals surface area (Å²) < 4.78 is 0. The summed E-state index contributed by atoms with van der Waals surface area (Å²) in [5.74, 6) is 0. The molecule has 0 radical (unpaired) electrons. The first-order chi connectivity index (χ1) is 9.17. The molecule has 0 spiro atoms. The Kier molecular flexibility index (Phi) is 4.83. The van der Waals surface area contributed by atoms with Gasteiger partial charge >= 0.3 is 0 Å². The van der Waals surface area contributed by atoms with Crippen LogP contribution >= 0.6 is 11.6 Å². The van der Waals surface area contributed by atoms with Crippen molar-refractivity contribution in [2.75, 3.05) is 12.3 Å². The van der Waals surface area contributed by atoms with Gasteiger partial charge in [-0.25, -0.2) is 0 Å². The Morgan fingerprint density at radius 3 is 2.32 bits per heavy atom. The van der Waals surface area contributed by atoms with E-state index in [-0.39, 0.29) is 0 Å². The van der Waals surface area contributed by atoms with Crippen LogP contribution in [-0.2, 0) is 13.1 Å². The smallest absolute Gasteiger partial charge is 0.0409 e. The molecule has 3 heteroatoms. The summed E-state index contributed by atoms with van der Waals surface area (Å²) >= 11 is 6.02. The van der Waals surface area contributed by atoms with Crippen molar-refractivity contribution < 1.29 is 0 Å². The van der Waals surface area contributed by atoms with Gasteiger partial charge in [-0.2, -0.15) is 0 Å². The third-order valence-corrected chi connectivity index (χ3v) is 3.36. The van der Waals surface area contributed by atoms with Gasteiger partial charge in [0.25, 0.3) is 0 Å². The molecule has 0 fully saturated rings. The summed E-state index contributed by atoms with van der Waals surface area (Å²) in [6.07, 6.45) is 0. The highest BCUT2D eigenvalue weighted by atomic mass is 35.5. The quantitative estimate of drug-likeness (QED) is 0.837. The number of benzene rings is 2. The standard InChI is InChI=1S/C16H19ClN2/c1-2-19(11-13-6-8-16(18)9-7-13)12-14-4-3-5-15(17)10-14/h3-10H,2,11-12,18H2,1H3. The van der Waals surface area contributed by atoms with Crippen LogP contribution in [0.3, 0.4) is 0 Å². The summed E-state index contributed by atoms with van der Waals surface area (Å²) in [5, 5.41) is 0.793. The molecular weight excluding hydrogens is 256 g/mol. The number of nitrogens with zero attached hydrogens (tertiary/aromatic N) is 1. The molecule has 0 heterocycles. The maximum Gasteiger partial charge on any atom is 0.0409 e. The Hall–Kier alpha value is -1.51. The van der Waals surface area contributed by atoms with Crippen LogP contribution in [0, 0.1) is 0 Å². The molecule has 0 saturated carbocycles. The van der Waals surface area contributed by atoms with Crippen molar-refractivity contribution in [1.29, 1.82) is 0 Å². The van der Waals surface area contributed by atoms with Gasteiger partial charge in [-0.15, -0.1) is 0 Å². The Bertz CT molecular complexity index is 523. The Morgan fingerprint density at radius 2 is 1.68 bits per heavy atom. The van der Waals surface area contributed by atoms with Crippen LogP contribution in [0.25, 0.3) is 0 Å². The molecule has 2 aromatic rings. The lowest BCUT2D eigenvalue weighted by Gasteiger charge is -2.20. The van der Waals surface area contributed by atoms with Gasteiger partial charge in [0.15, 0.2) is 0 Å². The molecule has 0 saturated heterocycles. The van der Waals surface area contributed by atoms with E-state index in [1.165, 1.54) is 11.1 Å². The van der Waals surface area contributed by atoms with Gasteiger partial charge in [-0.1, -0.05) is 42.8 Å². The van der Waals surface area contributed by atoms with E-state index in [1.54, 1.807) is 0 Å². The summed E-state index contributed by atoms with van der Waals surface area (Å²) in [5.41, 5.74) is 9.03. The SMILES string of the molecule is CCN(Cc1ccc(N)cc1)Cc1cccc(Cl)c1. The number of anilines is 1. The summed E-state index contributed by atoms with van der Waals surface area (Å²) in [6.45, 7) is 4.99. The molecule has 19 heavy (non-hydrogen) atoms. The van der Waals surface area contributed by atoms with E-state index >= 15 is 0 Å². The van der Waals surface area contributed by atoms with Gasteiger partial charge in [0.1, 0.15) is 0 Å². The van der Waals surface area contributed by atoms with Gasteiger partial charge < -0.3 is 5.73 Å². The maximum atomic E-state index is 6.02. The molecule has 0 aliphatic heterocycles.